The maximum Gasteiger partial charge on any atom is 0.260 e. The molecule has 146 valence electrons. The molecule has 0 spiro atoms. The smallest absolute Gasteiger partial charge is 0.260 e. The predicted molar refractivity (Wildman–Crippen MR) is 113 cm³/mol. The maximum absolute atomic E-state index is 13.0. The third-order valence-corrected chi connectivity index (χ3v) is 5.33. The van der Waals surface area contributed by atoms with Crippen LogP contribution in [0.25, 0.3) is 0 Å². The maximum atomic E-state index is 13.0. The van der Waals surface area contributed by atoms with Crippen molar-refractivity contribution in [1.29, 1.82) is 0 Å². The molecule has 0 saturated heterocycles. The quantitative estimate of drug-likeness (QED) is 0.669. The molecule has 1 aliphatic heterocycles. The number of nitrogens with zero attached hydrogens (tertiary/aromatic N) is 2. The number of carbonyl (C=O) groups is 2. The Hall–Kier alpha value is -3.18. The molecule has 2 heterocycles. The molecular formula is C23H20ClN3O2. The Kier molecular flexibility index (Phi) is 5.32. The predicted octanol–water partition coefficient (Wildman–Crippen LogP) is 4.70. The zero-order valence-electron chi connectivity index (χ0n) is 15.9. The normalized spacial score (nSPS) is 16.4. The number of hydrogen-bond acceptors (Lipinski definition) is 3. The Morgan fingerprint density at radius 1 is 1.10 bits per heavy atom. The topological polar surface area (TPSA) is 62.3 Å². The van der Waals surface area contributed by atoms with E-state index in [0.29, 0.717) is 22.0 Å². The summed E-state index contributed by atoms with van der Waals surface area (Å²) >= 11 is 6.00. The van der Waals surface area contributed by atoms with Crippen LogP contribution in [0.4, 0.5) is 5.69 Å². The molecule has 29 heavy (non-hydrogen) atoms. The Morgan fingerprint density at radius 3 is 2.55 bits per heavy atom. The fourth-order valence-corrected chi connectivity index (χ4v) is 3.77. The highest BCUT2D eigenvalue weighted by atomic mass is 35.5. The standard InChI is InChI=1S/C23H20ClN3O2/c1-15(16-6-3-2-4-7-16)26-21(28)14-20-22-19(8-5-13-25-22)23(29)27(20)18-11-9-17(24)10-12-18/h2-13,15,20H,14H2,1H3,(H,26,28). The highest BCUT2D eigenvalue weighted by molar-refractivity contribution is 6.30. The third kappa shape index (κ3) is 3.87. The van der Waals surface area contributed by atoms with Crippen LogP contribution in [0.3, 0.4) is 0 Å². The molecule has 4 rings (SSSR count). The SMILES string of the molecule is CC(NC(=O)CC1c2ncccc2C(=O)N1c1ccc(Cl)cc1)c1ccccc1. The Morgan fingerprint density at radius 2 is 1.83 bits per heavy atom. The van der Waals surface area contributed by atoms with Gasteiger partial charge in [-0.3, -0.25) is 19.5 Å². The first kappa shape index (κ1) is 19.2. The van der Waals surface area contributed by atoms with E-state index in [1.807, 2.05) is 37.3 Å². The fraction of sp³-hybridized carbons (Fsp3) is 0.174. The van der Waals surface area contributed by atoms with E-state index in [1.165, 1.54) is 0 Å². The number of carbonyl (C=O) groups excluding carboxylic acids is 2. The third-order valence-electron chi connectivity index (χ3n) is 5.08. The lowest BCUT2D eigenvalue weighted by Crippen LogP contribution is -2.34. The number of amides is 2. The molecule has 5 nitrogen and oxygen atoms in total. The van der Waals surface area contributed by atoms with Gasteiger partial charge in [0, 0.05) is 16.9 Å². The first-order chi connectivity index (χ1) is 14.0. The number of rotatable bonds is 5. The molecule has 0 fully saturated rings. The second-order valence-electron chi connectivity index (χ2n) is 7.01. The summed E-state index contributed by atoms with van der Waals surface area (Å²) in [5, 5.41) is 3.61. The van der Waals surface area contributed by atoms with Crippen molar-refractivity contribution in [2.75, 3.05) is 4.90 Å². The molecule has 2 amide bonds. The van der Waals surface area contributed by atoms with Gasteiger partial charge in [-0.05, 0) is 48.9 Å². The Bertz CT molecular complexity index is 1040. The monoisotopic (exact) mass is 405 g/mol. The van der Waals surface area contributed by atoms with Crippen LogP contribution in [0.5, 0.6) is 0 Å². The summed E-state index contributed by atoms with van der Waals surface area (Å²) in [6.45, 7) is 1.94. The lowest BCUT2D eigenvalue weighted by Gasteiger charge is -2.25. The molecule has 2 atom stereocenters. The summed E-state index contributed by atoms with van der Waals surface area (Å²) in [4.78, 5) is 31.9. The van der Waals surface area contributed by atoms with E-state index in [0.717, 1.165) is 5.56 Å². The van der Waals surface area contributed by atoms with Gasteiger partial charge in [0.2, 0.25) is 5.91 Å². The molecular weight excluding hydrogens is 386 g/mol. The summed E-state index contributed by atoms with van der Waals surface area (Å²) in [5.74, 6) is -0.305. The molecule has 3 aromatic rings. The van der Waals surface area contributed by atoms with Crippen LogP contribution in [-0.2, 0) is 4.79 Å². The van der Waals surface area contributed by atoms with Crippen molar-refractivity contribution in [3.05, 3.63) is 94.8 Å². The number of anilines is 1. The van der Waals surface area contributed by atoms with Crippen LogP contribution < -0.4 is 10.2 Å². The van der Waals surface area contributed by atoms with E-state index in [1.54, 1.807) is 47.5 Å². The van der Waals surface area contributed by atoms with Gasteiger partial charge in [-0.25, -0.2) is 0 Å². The van der Waals surface area contributed by atoms with E-state index in [4.69, 9.17) is 11.6 Å². The van der Waals surface area contributed by atoms with Gasteiger partial charge in [-0.15, -0.1) is 0 Å². The second-order valence-corrected chi connectivity index (χ2v) is 7.44. The van der Waals surface area contributed by atoms with Crippen LogP contribution in [0, 0.1) is 0 Å². The Balaban J connectivity index is 1.59. The van der Waals surface area contributed by atoms with Crippen molar-refractivity contribution in [3.63, 3.8) is 0 Å². The van der Waals surface area contributed by atoms with Crippen LogP contribution in [0.1, 0.15) is 47.0 Å². The average Bonchev–Trinajstić information content (AvgIpc) is 3.01. The van der Waals surface area contributed by atoms with Gasteiger partial charge in [0.15, 0.2) is 0 Å². The fourth-order valence-electron chi connectivity index (χ4n) is 3.65. The highest BCUT2D eigenvalue weighted by Gasteiger charge is 2.40. The van der Waals surface area contributed by atoms with Crippen LogP contribution >= 0.6 is 11.6 Å². The van der Waals surface area contributed by atoms with Crippen LogP contribution in [0.15, 0.2) is 72.9 Å². The number of nitrogens with one attached hydrogen (secondary N) is 1. The molecule has 2 aromatic carbocycles. The lowest BCUT2D eigenvalue weighted by molar-refractivity contribution is -0.122. The van der Waals surface area contributed by atoms with Crippen molar-refractivity contribution in [2.24, 2.45) is 0 Å². The van der Waals surface area contributed by atoms with Gasteiger partial charge in [0.05, 0.1) is 29.8 Å². The van der Waals surface area contributed by atoms with Crippen molar-refractivity contribution < 1.29 is 9.59 Å². The van der Waals surface area contributed by atoms with Gasteiger partial charge in [-0.2, -0.15) is 0 Å². The molecule has 0 bridgehead atoms. The first-order valence-electron chi connectivity index (χ1n) is 9.43. The first-order valence-corrected chi connectivity index (χ1v) is 9.80. The number of benzene rings is 2. The van der Waals surface area contributed by atoms with E-state index in [2.05, 4.69) is 10.3 Å². The molecule has 2 unspecified atom stereocenters. The molecule has 1 aliphatic rings. The summed E-state index contributed by atoms with van der Waals surface area (Å²) in [6, 6.07) is 19.7. The molecule has 0 saturated carbocycles. The van der Waals surface area contributed by atoms with Gasteiger partial charge >= 0.3 is 0 Å². The van der Waals surface area contributed by atoms with E-state index in [-0.39, 0.29) is 24.3 Å². The molecule has 0 radical (unpaired) electrons. The minimum Gasteiger partial charge on any atom is -0.350 e. The highest BCUT2D eigenvalue weighted by Crippen LogP contribution is 2.38. The molecule has 1 aromatic heterocycles. The molecule has 6 heteroatoms. The van der Waals surface area contributed by atoms with Crippen molar-refractivity contribution in [3.8, 4) is 0 Å². The van der Waals surface area contributed by atoms with E-state index < -0.39 is 6.04 Å². The van der Waals surface area contributed by atoms with Gasteiger partial charge in [0.1, 0.15) is 0 Å². The molecule has 1 N–H and O–H groups in total. The van der Waals surface area contributed by atoms with E-state index in [9.17, 15) is 9.59 Å². The largest absolute Gasteiger partial charge is 0.350 e. The minimum atomic E-state index is -0.470. The zero-order valence-corrected chi connectivity index (χ0v) is 16.6. The lowest BCUT2D eigenvalue weighted by atomic mass is 10.1. The van der Waals surface area contributed by atoms with Gasteiger partial charge in [0.25, 0.3) is 5.91 Å². The summed E-state index contributed by atoms with van der Waals surface area (Å²) in [7, 11) is 0. The van der Waals surface area contributed by atoms with Crippen molar-refractivity contribution in [2.45, 2.75) is 25.4 Å². The summed E-state index contributed by atoms with van der Waals surface area (Å²) < 4.78 is 0. The number of pyridine rings is 1. The number of halogens is 1. The van der Waals surface area contributed by atoms with Gasteiger partial charge < -0.3 is 5.32 Å². The Labute approximate surface area is 174 Å². The van der Waals surface area contributed by atoms with E-state index >= 15 is 0 Å². The molecule has 0 aliphatic carbocycles. The zero-order chi connectivity index (χ0) is 20.4. The van der Waals surface area contributed by atoms with Crippen LogP contribution in [0.2, 0.25) is 5.02 Å². The second kappa shape index (κ2) is 8.05. The van der Waals surface area contributed by atoms with Crippen molar-refractivity contribution >= 4 is 29.1 Å². The summed E-state index contributed by atoms with van der Waals surface area (Å²) in [5.41, 5.74) is 2.86. The number of aromatic nitrogens is 1. The van der Waals surface area contributed by atoms with Crippen LogP contribution in [-0.4, -0.2) is 16.8 Å². The summed E-state index contributed by atoms with van der Waals surface area (Å²) in [6.07, 6.45) is 1.77. The average molecular weight is 406 g/mol. The number of hydrogen-bond donors (Lipinski definition) is 1. The van der Waals surface area contributed by atoms with Crippen molar-refractivity contribution in [1.82, 2.24) is 10.3 Å². The van der Waals surface area contributed by atoms with Gasteiger partial charge in [-0.1, -0.05) is 41.9 Å². The number of fused-ring (bicyclic) bond motifs is 1. The minimum absolute atomic E-state index is 0.121.